The van der Waals surface area contributed by atoms with Crippen LogP contribution in [0.2, 0.25) is 0 Å². The van der Waals surface area contributed by atoms with Gasteiger partial charge in [0.15, 0.2) is 5.69 Å². The molecule has 0 bridgehead atoms. The van der Waals surface area contributed by atoms with Gasteiger partial charge in [0, 0.05) is 18.3 Å². The van der Waals surface area contributed by atoms with Crippen molar-refractivity contribution in [3.63, 3.8) is 0 Å². The molecule has 0 aromatic carbocycles. The molecule has 3 aromatic heterocycles. The van der Waals surface area contributed by atoms with Gasteiger partial charge >= 0.3 is 0 Å². The van der Waals surface area contributed by atoms with Gasteiger partial charge < -0.3 is 4.90 Å². The fourth-order valence-corrected chi connectivity index (χ4v) is 4.36. The number of carbonyl (C=O) groups excluding carboxylic acids is 2. The number of anilines is 1. The van der Waals surface area contributed by atoms with E-state index in [0.29, 0.717) is 36.2 Å². The molecule has 10 heteroatoms. The van der Waals surface area contributed by atoms with E-state index < -0.39 is 0 Å². The Morgan fingerprint density at radius 2 is 2.10 bits per heavy atom. The smallest absolute Gasteiger partial charge is 0.278 e. The summed E-state index contributed by atoms with van der Waals surface area (Å²) in [5.74, 6) is -0.229. The quantitative estimate of drug-likeness (QED) is 0.676. The standard InChI is InChI=1S/C20H21N7O2S/c1-11-4-3-7-21-14(11)10-26-8-9-27-17(19(26)29)15(13-5-6-13)16(25-27)18(28)22-20-24-23-12(2)30-20/h3-4,7,13H,5-6,8-10H2,1-2H3,(H,22,24,28). The number of pyridine rings is 1. The summed E-state index contributed by atoms with van der Waals surface area (Å²) in [6.07, 6.45) is 3.67. The number of fused-ring (bicyclic) bond motifs is 1. The molecule has 1 aliphatic carbocycles. The Hall–Kier alpha value is -3.14. The molecule has 2 aliphatic rings. The van der Waals surface area contributed by atoms with Gasteiger partial charge in [0.05, 0.1) is 18.8 Å². The first kappa shape index (κ1) is 18.9. The van der Waals surface area contributed by atoms with Crippen LogP contribution in [0.3, 0.4) is 0 Å². The Morgan fingerprint density at radius 1 is 1.27 bits per heavy atom. The van der Waals surface area contributed by atoms with Crippen molar-refractivity contribution in [2.45, 2.75) is 45.7 Å². The fraction of sp³-hybridized carbons (Fsp3) is 0.400. The van der Waals surface area contributed by atoms with Gasteiger partial charge in [-0.2, -0.15) is 5.10 Å². The van der Waals surface area contributed by atoms with Gasteiger partial charge in [-0.15, -0.1) is 10.2 Å². The number of rotatable bonds is 5. The van der Waals surface area contributed by atoms with Gasteiger partial charge in [0.1, 0.15) is 10.7 Å². The van der Waals surface area contributed by atoms with Crippen LogP contribution in [0.4, 0.5) is 5.13 Å². The van der Waals surface area contributed by atoms with Crippen LogP contribution in [-0.4, -0.2) is 48.2 Å². The summed E-state index contributed by atoms with van der Waals surface area (Å²) >= 11 is 1.31. The Morgan fingerprint density at radius 3 is 2.80 bits per heavy atom. The van der Waals surface area contributed by atoms with Gasteiger partial charge in [-0.1, -0.05) is 17.4 Å². The molecule has 1 N–H and O–H groups in total. The van der Waals surface area contributed by atoms with E-state index in [2.05, 4.69) is 25.6 Å². The van der Waals surface area contributed by atoms with Crippen molar-refractivity contribution >= 4 is 28.3 Å². The highest BCUT2D eigenvalue weighted by molar-refractivity contribution is 7.15. The lowest BCUT2D eigenvalue weighted by molar-refractivity contribution is 0.0679. The number of nitrogens with one attached hydrogen (secondary N) is 1. The molecule has 0 spiro atoms. The van der Waals surface area contributed by atoms with Crippen molar-refractivity contribution in [1.29, 1.82) is 0 Å². The first-order chi connectivity index (χ1) is 14.5. The predicted octanol–water partition coefficient (Wildman–Crippen LogP) is 2.53. The van der Waals surface area contributed by atoms with Crippen molar-refractivity contribution < 1.29 is 9.59 Å². The van der Waals surface area contributed by atoms with Crippen LogP contribution in [-0.2, 0) is 13.1 Å². The topological polar surface area (TPSA) is 106 Å². The Bertz CT molecular complexity index is 1150. The molecule has 1 fully saturated rings. The van der Waals surface area contributed by atoms with E-state index >= 15 is 0 Å². The van der Waals surface area contributed by atoms with E-state index in [9.17, 15) is 9.59 Å². The number of amides is 2. The largest absolute Gasteiger partial charge is 0.330 e. The lowest BCUT2D eigenvalue weighted by atomic mass is 10.0. The van der Waals surface area contributed by atoms with Crippen LogP contribution in [0.1, 0.15) is 61.6 Å². The molecule has 3 aromatic rings. The van der Waals surface area contributed by atoms with E-state index in [4.69, 9.17) is 0 Å². The zero-order valence-corrected chi connectivity index (χ0v) is 17.6. The van der Waals surface area contributed by atoms with Crippen molar-refractivity contribution in [2.75, 3.05) is 11.9 Å². The second-order valence-electron chi connectivity index (χ2n) is 7.68. The highest BCUT2D eigenvalue weighted by Crippen LogP contribution is 2.44. The third-order valence-corrected chi connectivity index (χ3v) is 6.22. The van der Waals surface area contributed by atoms with Gasteiger partial charge in [-0.05, 0) is 44.2 Å². The molecule has 5 rings (SSSR count). The summed E-state index contributed by atoms with van der Waals surface area (Å²) in [7, 11) is 0. The average molecular weight is 424 g/mol. The van der Waals surface area contributed by atoms with Crippen LogP contribution >= 0.6 is 11.3 Å². The molecular formula is C20H21N7O2S. The molecule has 0 saturated heterocycles. The third-order valence-electron chi connectivity index (χ3n) is 5.47. The van der Waals surface area contributed by atoms with Crippen molar-refractivity contribution in [1.82, 2.24) is 29.9 Å². The van der Waals surface area contributed by atoms with Gasteiger partial charge in [0.25, 0.3) is 11.8 Å². The minimum atomic E-state index is -0.338. The Labute approximate surface area is 177 Å². The summed E-state index contributed by atoms with van der Waals surface area (Å²) in [4.78, 5) is 32.5. The van der Waals surface area contributed by atoms with Gasteiger partial charge in [-0.3, -0.25) is 24.6 Å². The maximum absolute atomic E-state index is 13.4. The second kappa shape index (κ2) is 7.28. The first-order valence-electron chi connectivity index (χ1n) is 9.93. The van der Waals surface area contributed by atoms with E-state index in [-0.39, 0.29) is 17.7 Å². The Balaban J connectivity index is 1.46. The SMILES string of the molecule is Cc1nnc(NC(=O)c2nn3c(c2C2CC2)C(=O)N(Cc2ncccc2C)CC3)s1. The molecule has 9 nitrogen and oxygen atoms in total. The minimum Gasteiger partial charge on any atom is -0.330 e. The molecule has 4 heterocycles. The van der Waals surface area contributed by atoms with Crippen molar-refractivity contribution in [3.8, 4) is 0 Å². The number of aromatic nitrogens is 5. The van der Waals surface area contributed by atoms with Crippen LogP contribution < -0.4 is 5.32 Å². The Kier molecular flexibility index (Phi) is 4.58. The third kappa shape index (κ3) is 3.36. The van der Waals surface area contributed by atoms with Crippen LogP contribution in [0.5, 0.6) is 0 Å². The van der Waals surface area contributed by atoms with E-state index in [1.807, 2.05) is 26.0 Å². The number of hydrogen-bond acceptors (Lipinski definition) is 7. The molecule has 2 amide bonds. The predicted molar refractivity (Wildman–Crippen MR) is 111 cm³/mol. The maximum atomic E-state index is 13.4. The minimum absolute atomic E-state index is 0.0912. The molecule has 0 atom stereocenters. The van der Waals surface area contributed by atoms with Gasteiger partial charge in [0.2, 0.25) is 5.13 Å². The maximum Gasteiger partial charge on any atom is 0.278 e. The molecule has 0 radical (unpaired) electrons. The summed E-state index contributed by atoms with van der Waals surface area (Å²) in [5, 5.41) is 16.4. The van der Waals surface area contributed by atoms with E-state index in [1.165, 1.54) is 11.3 Å². The lowest BCUT2D eigenvalue weighted by Gasteiger charge is -2.28. The zero-order chi connectivity index (χ0) is 20.8. The van der Waals surface area contributed by atoms with Crippen LogP contribution in [0.15, 0.2) is 18.3 Å². The van der Waals surface area contributed by atoms with E-state index in [1.54, 1.807) is 15.8 Å². The molecule has 1 saturated carbocycles. The summed E-state index contributed by atoms with van der Waals surface area (Å²) in [5.41, 5.74) is 3.57. The second-order valence-corrected chi connectivity index (χ2v) is 8.86. The fourth-order valence-electron chi connectivity index (χ4n) is 3.78. The molecular weight excluding hydrogens is 402 g/mol. The molecule has 154 valence electrons. The highest BCUT2D eigenvalue weighted by atomic mass is 32.1. The summed E-state index contributed by atoms with van der Waals surface area (Å²) in [6, 6.07) is 3.88. The lowest BCUT2D eigenvalue weighted by Crippen LogP contribution is -2.40. The average Bonchev–Trinajstić information content (AvgIpc) is 3.36. The molecule has 1 aliphatic heterocycles. The monoisotopic (exact) mass is 423 g/mol. The summed E-state index contributed by atoms with van der Waals surface area (Å²) in [6.45, 7) is 5.36. The number of aryl methyl sites for hydroxylation is 2. The number of nitrogens with zero attached hydrogens (tertiary/aromatic N) is 6. The summed E-state index contributed by atoms with van der Waals surface area (Å²) < 4.78 is 1.69. The first-order valence-corrected chi connectivity index (χ1v) is 10.7. The van der Waals surface area contributed by atoms with Crippen LogP contribution in [0, 0.1) is 13.8 Å². The van der Waals surface area contributed by atoms with Crippen molar-refractivity contribution in [2.24, 2.45) is 0 Å². The number of carbonyl (C=O) groups is 2. The zero-order valence-electron chi connectivity index (χ0n) is 16.8. The van der Waals surface area contributed by atoms with Crippen LogP contribution in [0.25, 0.3) is 0 Å². The normalized spacial score (nSPS) is 15.9. The molecule has 30 heavy (non-hydrogen) atoms. The number of hydrogen-bond donors (Lipinski definition) is 1. The highest BCUT2D eigenvalue weighted by Gasteiger charge is 2.40. The molecule has 0 unspecified atom stereocenters. The van der Waals surface area contributed by atoms with E-state index in [0.717, 1.165) is 34.7 Å². The van der Waals surface area contributed by atoms with Crippen molar-refractivity contribution in [3.05, 3.63) is 51.5 Å². The van der Waals surface area contributed by atoms with Gasteiger partial charge in [-0.25, -0.2) is 0 Å².